The monoisotopic (exact) mass is 306 g/mol. The minimum absolute atomic E-state index is 0.0867. The first-order valence-corrected chi connectivity index (χ1v) is 7.43. The number of hydrogen-bond acceptors (Lipinski definition) is 5. The molecule has 0 saturated heterocycles. The number of nitrogens with two attached hydrogens (primary N) is 1. The van der Waals surface area contributed by atoms with Gasteiger partial charge in [0.15, 0.2) is 5.84 Å². The molecule has 0 aliphatic heterocycles. The van der Waals surface area contributed by atoms with E-state index in [0.29, 0.717) is 12.2 Å². The first-order chi connectivity index (χ1) is 10.1. The molecule has 0 bridgehead atoms. The lowest BCUT2D eigenvalue weighted by Gasteiger charge is -2.07. The Morgan fingerprint density at radius 3 is 2.71 bits per heavy atom. The second-order valence-corrected chi connectivity index (χ2v) is 5.57. The molecule has 1 aromatic heterocycles. The molecule has 0 aliphatic carbocycles. The van der Waals surface area contributed by atoms with Crippen LogP contribution >= 0.6 is 11.8 Å². The number of amidine groups is 1. The maximum atomic E-state index is 8.59. The highest BCUT2D eigenvalue weighted by molar-refractivity contribution is 7.99. The molecule has 0 aliphatic rings. The maximum absolute atomic E-state index is 8.59. The van der Waals surface area contributed by atoms with E-state index in [9.17, 15) is 0 Å². The van der Waals surface area contributed by atoms with Crippen LogP contribution in [0.25, 0.3) is 0 Å². The summed E-state index contributed by atoms with van der Waals surface area (Å²) < 4.78 is 7.52. The second-order valence-electron chi connectivity index (χ2n) is 4.45. The SMILES string of the molecule is Cc1cc(SCCOc2ccc(C(N)=NO)cc2)n(C)n1. The summed E-state index contributed by atoms with van der Waals surface area (Å²) in [7, 11) is 1.93. The molecule has 0 saturated carbocycles. The van der Waals surface area contributed by atoms with Crippen molar-refractivity contribution in [3.63, 3.8) is 0 Å². The minimum Gasteiger partial charge on any atom is -0.493 e. The summed E-state index contributed by atoms with van der Waals surface area (Å²) in [5.74, 6) is 1.68. The summed E-state index contributed by atoms with van der Waals surface area (Å²) in [6.45, 7) is 2.57. The Bertz CT molecular complexity index is 622. The first-order valence-electron chi connectivity index (χ1n) is 6.44. The Kier molecular flexibility index (Phi) is 5.10. The fraction of sp³-hybridized carbons (Fsp3) is 0.286. The number of rotatable bonds is 6. The van der Waals surface area contributed by atoms with Gasteiger partial charge in [0.2, 0.25) is 0 Å². The van der Waals surface area contributed by atoms with Crippen LogP contribution in [0.15, 0.2) is 40.5 Å². The second kappa shape index (κ2) is 7.03. The highest BCUT2D eigenvalue weighted by Gasteiger charge is 2.03. The number of nitrogens with zero attached hydrogens (tertiary/aromatic N) is 3. The number of aromatic nitrogens is 2. The van der Waals surface area contributed by atoms with Gasteiger partial charge in [0.25, 0.3) is 0 Å². The molecule has 2 rings (SSSR count). The fourth-order valence-corrected chi connectivity index (χ4v) is 2.66. The molecule has 1 aromatic carbocycles. The van der Waals surface area contributed by atoms with Gasteiger partial charge >= 0.3 is 0 Å². The van der Waals surface area contributed by atoms with Gasteiger partial charge in [-0.2, -0.15) is 5.10 Å². The van der Waals surface area contributed by atoms with Gasteiger partial charge in [-0.15, -0.1) is 11.8 Å². The maximum Gasteiger partial charge on any atom is 0.170 e. The van der Waals surface area contributed by atoms with E-state index in [4.69, 9.17) is 15.7 Å². The Morgan fingerprint density at radius 1 is 1.43 bits per heavy atom. The van der Waals surface area contributed by atoms with E-state index in [1.807, 2.05) is 18.7 Å². The Hall–Kier alpha value is -2.15. The van der Waals surface area contributed by atoms with E-state index in [1.165, 1.54) is 0 Å². The first kappa shape index (κ1) is 15.2. The van der Waals surface area contributed by atoms with Gasteiger partial charge in [0, 0.05) is 18.4 Å². The van der Waals surface area contributed by atoms with Crippen molar-refractivity contribution in [2.24, 2.45) is 17.9 Å². The van der Waals surface area contributed by atoms with Crippen molar-refractivity contribution in [3.8, 4) is 5.75 Å². The van der Waals surface area contributed by atoms with Gasteiger partial charge in [0.05, 0.1) is 17.3 Å². The summed E-state index contributed by atoms with van der Waals surface area (Å²) in [5, 5.41) is 17.0. The van der Waals surface area contributed by atoms with Gasteiger partial charge in [0.1, 0.15) is 5.75 Å². The molecule has 0 atom stereocenters. The molecule has 3 N–H and O–H groups in total. The summed E-state index contributed by atoms with van der Waals surface area (Å²) in [5.41, 5.74) is 7.16. The van der Waals surface area contributed by atoms with Crippen LogP contribution in [0.3, 0.4) is 0 Å². The van der Waals surface area contributed by atoms with Crippen LogP contribution in [0.1, 0.15) is 11.3 Å². The van der Waals surface area contributed by atoms with Crippen molar-refractivity contribution in [1.82, 2.24) is 9.78 Å². The number of ether oxygens (including phenoxy) is 1. The third kappa shape index (κ3) is 4.16. The molecule has 0 amide bonds. The molecule has 21 heavy (non-hydrogen) atoms. The van der Waals surface area contributed by atoms with Gasteiger partial charge in [-0.1, -0.05) is 5.16 Å². The van der Waals surface area contributed by atoms with E-state index < -0.39 is 0 Å². The quantitative estimate of drug-likeness (QED) is 0.213. The lowest BCUT2D eigenvalue weighted by Crippen LogP contribution is -2.12. The number of hydrogen-bond donors (Lipinski definition) is 2. The minimum atomic E-state index is 0.0867. The van der Waals surface area contributed by atoms with Crippen LogP contribution in [0.2, 0.25) is 0 Å². The van der Waals surface area contributed by atoms with Crippen LogP contribution in [0.4, 0.5) is 0 Å². The fourth-order valence-electron chi connectivity index (χ4n) is 1.81. The Labute approximate surface area is 127 Å². The van der Waals surface area contributed by atoms with Gasteiger partial charge in [-0.25, -0.2) is 0 Å². The molecular formula is C14H18N4O2S. The number of aryl methyl sites for hydroxylation is 2. The highest BCUT2D eigenvalue weighted by atomic mass is 32.2. The normalized spacial score (nSPS) is 11.6. The third-order valence-corrected chi connectivity index (χ3v) is 3.87. The molecule has 112 valence electrons. The zero-order chi connectivity index (χ0) is 15.2. The Morgan fingerprint density at radius 2 is 2.14 bits per heavy atom. The van der Waals surface area contributed by atoms with Gasteiger partial charge < -0.3 is 15.7 Å². The smallest absolute Gasteiger partial charge is 0.170 e. The molecule has 7 heteroatoms. The standard InChI is InChI=1S/C14H18N4O2S/c1-10-9-13(18(2)16-10)21-8-7-20-12-5-3-11(4-6-12)14(15)17-19/h3-6,9,19H,7-8H2,1-2H3,(H2,15,17). The van der Waals surface area contributed by atoms with E-state index in [-0.39, 0.29) is 5.84 Å². The molecule has 6 nitrogen and oxygen atoms in total. The van der Waals surface area contributed by atoms with Crippen LogP contribution in [-0.4, -0.2) is 33.2 Å². The van der Waals surface area contributed by atoms with Crippen LogP contribution < -0.4 is 10.5 Å². The van der Waals surface area contributed by atoms with Crippen molar-refractivity contribution in [2.45, 2.75) is 11.9 Å². The lowest BCUT2D eigenvalue weighted by molar-refractivity contribution is 0.318. The molecule has 1 heterocycles. The van der Waals surface area contributed by atoms with E-state index in [2.05, 4.69) is 16.3 Å². The van der Waals surface area contributed by atoms with Gasteiger partial charge in [-0.05, 0) is 37.3 Å². The summed E-state index contributed by atoms with van der Waals surface area (Å²) in [6.07, 6.45) is 0. The highest BCUT2D eigenvalue weighted by Crippen LogP contribution is 2.18. The van der Waals surface area contributed by atoms with Crippen molar-refractivity contribution in [2.75, 3.05) is 12.4 Å². The average Bonchev–Trinajstić information content (AvgIpc) is 2.81. The average molecular weight is 306 g/mol. The van der Waals surface area contributed by atoms with Crippen LogP contribution in [0, 0.1) is 6.92 Å². The summed E-state index contributed by atoms with van der Waals surface area (Å²) in [6, 6.07) is 9.15. The van der Waals surface area contributed by atoms with Crippen molar-refractivity contribution >= 4 is 17.6 Å². The summed E-state index contributed by atoms with van der Waals surface area (Å²) >= 11 is 1.70. The van der Waals surface area contributed by atoms with E-state index in [1.54, 1.807) is 36.0 Å². The predicted molar refractivity (Wildman–Crippen MR) is 83.1 cm³/mol. The summed E-state index contributed by atoms with van der Waals surface area (Å²) in [4.78, 5) is 0. The van der Waals surface area contributed by atoms with E-state index >= 15 is 0 Å². The van der Waals surface area contributed by atoms with Crippen molar-refractivity contribution in [3.05, 3.63) is 41.6 Å². The number of oxime groups is 1. The molecular weight excluding hydrogens is 288 g/mol. The van der Waals surface area contributed by atoms with Crippen LogP contribution in [-0.2, 0) is 7.05 Å². The number of thioether (sulfide) groups is 1. The predicted octanol–water partition coefficient (Wildman–Crippen LogP) is 1.99. The molecule has 0 spiro atoms. The third-order valence-electron chi connectivity index (χ3n) is 2.82. The van der Waals surface area contributed by atoms with Crippen molar-refractivity contribution in [1.29, 1.82) is 0 Å². The molecule has 0 radical (unpaired) electrons. The molecule has 2 aromatic rings. The number of benzene rings is 1. The Balaban J connectivity index is 1.80. The largest absolute Gasteiger partial charge is 0.493 e. The zero-order valence-corrected chi connectivity index (χ0v) is 12.8. The molecule has 0 unspecified atom stereocenters. The van der Waals surface area contributed by atoms with Crippen LogP contribution in [0.5, 0.6) is 5.75 Å². The lowest BCUT2D eigenvalue weighted by atomic mass is 10.2. The van der Waals surface area contributed by atoms with Crippen molar-refractivity contribution < 1.29 is 9.94 Å². The molecule has 0 fully saturated rings. The topological polar surface area (TPSA) is 85.7 Å². The van der Waals surface area contributed by atoms with Gasteiger partial charge in [-0.3, -0.25) is 4.68 Å². The van der Waals surface area contributed by atoms with E-state index in [0.717, 1.165) is 22.2 Å². The zero-order valence-electron chi connectivity index (χ0n) is 12.0.